The molecule has 1 saturated heterocycles. The van der Waals surface area contributed by atoms with E-state index >= 15 is 0 Å². The number of ether oxygens (including phenoxy) is 7. The number of aliphatic hydroxyl groups is 3. The van der Waals surface area contributed by atoms with E-state index in [4.69, 9.17) is 33.2 Å². The minimum absolute atomic E-state index is 0.0250. The van der Waals surface area contributed by atoms with E-state index in [-0.39, 0.29) is 25.4 Å². The molecule has 3 aliphatic rings. The van der Waals surface area contributed by atoms with Crippen LogP contribution in [0.5, 0.6) is 0 Å². The van der Waals surface area contributed by atoms with E-state index in [0.717, 1.165) is 13.8 Å². The van der Waals surface area contributed by atoms with Gasteiger partial charge in [-0.2, -0.15) is 0 Å². The van der Waals surface area contributed by atoms with E-state index in [0.29, 0.717) is 5.57 Å². The summed E-state index contributed by atoms with van der Waals surface area (Å²) in [4.78, 5) is 47.8. The summed E-state index contributed by atoms with van der Waals surface area (Å²) in [7, 11) is 0. The van der Waals surface area contributed by atoms with Gasteiger partial charge in [0.05, 0.1) is 25.4 Å². The summed E-state index contributed by atoms with van der Waals surface area (Å²) in [6.07, 6.45) is -7.45. The smallest absolute Gasteiger partial charge is 0.309 e. The van der Waals surface area contributed by atoms with E-state index in [1.54, 1.807) is 0 Å². The normalized spacial score (nSPS) is 36.4. The first-order valence-electron chi connectivity index (χ1n) is 13.5. The first kappa shape index (κ1) is 32.7. The molecule has 1 saturated carbocycles. The Labute approximate surface area is 237 Å². The van der Waals surface area contributed by atoms with Crippen LogP contribution in [0.4, 0.5) is 0 Å². The quantitative estimate of drug-likeness (QED) is 0.230. The molecular weight excluding hydrogens is 548 g/mol. The molecule has 0 aromatic heterocycles. The fraction of sp³-hybridized carbons (Fsp3) is 0.778. The maximum Gasteiger partial charge on any atom is 0.309 e. The van der Waals surface area contributed by atoms with Gasteiger partial charge in [-0.15, -0.1) is 0 Å². The molecule has 0 radical (unpaired) electrons. The lowest BCUT2D eigenvalue weighted by molar-refractivity contribution is -0.304. The van der Waals surface area contributed by atoms with Gasteiger partial charge in [0, 0.05) is 33.1 Å². The number of rotatable bonds is 10. The molecule has 0 aromatic rings. The average molecular weight is 589 g/mol. The van der Waals surface area contributed by atoms with E-state index < -0.39 is 91.0 Å². The van der Waals surface area contributed by atoms with Crippen LogP contribution < -0.4 is 0 Å². The minimum Gasteiger partial charge on any atom is -0.462 e. The van der Waals surface area contributed by atoms with Crippen LogP contribution in [0.1, 0.15) is 54.4 Å². The molecule has 232 valence electrons. The molecule has 14 nitrogen and oxygen atoms in total. The van der Waals surface area contributed by atoms with Gasteiger partial charge in [0.25, 0.3) is 0 Å². The van der Waals surface area contributed by atoms with E-state index in [1.165, 1.54) is 20.1 Å². The first-order valence-corrected chi connectivity index (χ1v) is 13.5. The van der Waals surface area contributed by atoms with Crippen molar-refractivity contribution in [3.05, 3.63) is 11.8 Å². The predicted octanol–water partition coefficient (Wildman–Crippen LogP) is 0.0928. The van der Waals surface area contributed by atoms with Crippen molar-refractivity contribution in [1.82, 2.24) is 0 Å². The van der Waals surface area contributed by atoms with Crippen LogP contribution in [-0.2, 0) is 52.3 Å². The lowest BCUT2D eigenvalue weighted by Gasteiger charge is -2.43. The van der Waals surface area contributed by atoms with Crippen LogP contribution in [0.2, 0.25) is 0 Å². The summed E-state index contributed by atoms with van der Waals surface area (Å²) in [5, 5.41) is 31.8. The Morgan fingerprint density at radius 2 is 1.61 bits per heavy atom. The average Bonchev–Trinajstić information content (AvgIpc) is 3.10. The SMILES string of the molecule is CC(=O)OC1C(OCC2=COC(OC(=O)CC(C)C)C3C2CC(OC(C)=O)C3(C)O)OC(CO)C(O)C1OC(C)=O. The van der Waals surface area contributed by atoms with Gasteiger partial charge in [0.2, 0.25) is 6.29 Å². The summed E-state index contributed by atoms with van der Waals surface area (Å²) in [5.74, 6) is -4.01. The molecule has 2 fully saturated rings. The molecular formula is C27H40O14. The molecule has 2 aliphatic heterocycles. The number of carbonyl (C=O) groups excluding carboxylic acids is 4. The number of hydrogen-bond acceptors (Lipinski definition) is 14. The number of hydrogen-bond donors (Lipinski definition) is 3. The number of esters is 4. The number of carbonyl (C=O) groups is 4. The Hall–Kier alpha value is -2.78. The lowest BCUT2D eigenvalue weighted by Crippen LogP contribution is -2.61. The van der Waals surface area contributed by atoms with Crippen LogP contribution in [0.3, 0.4) is 0 Å². The minimum atomic E-state index is -1.65. The first-order chi connectivity index (χ1) is 19.1. The molecule has 3 N–H and O–H groups in total. The van der Waals surface area contributed by atoms with Crippen LogP contribution in [0.15, 0.2) is 11.8 Å². The zero-order valence-electron chi connectivity index (χ0n) is 24.0. The Bertz CT molecular complexity index is 1010. The Morgan fingerprint density at radius 3 is 2.17 bits per heavy atom. The molecule has 0 aromatic carbocycles. The van der Waals surface area contributed by atoms with Crippen molar-refractivity contribution in [1.29, 1.82) is 0 Å². The van der Waals surface area contributed by atoms with Gasteiger partial charge in [-0.1, -0.05) is 13.8 Å². The van der Waals surface area contributed by atoms with Crippen molar-refractivity contribution in [2.45, 2.75) is 103 Å². The van der Waals surface area contributed by atoms with Crippen molar-refractivity contribution in [2.75, 3.05) is 13.2 Å². The van der Waals surface area contributed by atoms with Gasteiger partial charge in [-0.3, -0.25) is 19.2 Å². The molecule has 41 heavy (non-hydrogen) atoms. The van der Waals surface area contributed by atoms with Crippen molar-refractivity contribution in [3.63, 3.8) is 0 Å². The molecule has 0 bridgehead atoms. The van der Waals surface area contributed by atoms with Crippen LogP contribution in [0.25, 0.3) is 0 Å². The summed E-state index contributed by atoms with van der Waals surface area (Å²) < 4.78 is 38.8. The highest BCUT2D eigenvalue weighted by molar-refractivity contribution is 5.70. The molecule has 10 unspecified atom stereocenters. The summed E-state index contributed by atoms with van der Waals surface area (Å²) in [5.41, 5.74) is -1.17. The van der Waals surface area contributed by atoms with E-state index in [9.17, 15) is 34.5 Å². The lowest BCUT2D eigenvalue weighted by atomic mass is 9.81. The van der Waals surface area contributed by atoms with Crippen LogP contribution in [-0.4, -0.2) is 101 Å². The maximum absolute atomic E-state index is 12.5. The van der Waals surface area contributed by atoms with Gasteiger partial charge in [0.1, 0.15) is 23.9 Å². The highest BCUT2D eigenvalue weighted by Gasteiger charge is 2.60. The number of fused-ring (bicyclic) bond motifs is 1. The Balaban J connectivity index is 1.87. The highest BCUT2D eigenvalue weighted by Crippen LogP contribution is 2.50. The second-order valence-corrected chi connectivity index (χ2v) is 11.2. The summed E-state index contributed by atoms with van der Waals surface area (Å²) in [6.45, 7) is 7.73. The maximum atomic E-state index is 12.5. The Morgan fingerprint density at radius 1 is 1.00 bits per heavy atom. The number of aliphatic hydroxyl groups excluding tert-OH is 2. The second-order valence-electron chi connectivity index (χ2n) is 11.2. The monoisotopic (exact) mass is 588 g/mol. The zero-order chi connectivity index (χ0) is 30.6. The van der Waals surface area contributed by atoms with Gasteiger partial charge >= 0.3 is 23.9 Å². The largest absolute Gasteiger partial charge is 0.462 e. The van der Waals surface area contributed by atoms with Crippen molar-refractivity contribution in [2.24, 2.45) is 17.8 Å². The summed E-state index contributed by atoms with van der Waals surface area (Å²) >= 11 is 0. The Kier molecular flexibility index (Phi) is 10.7. The van der Waals surface area contributed by atoms with Gasteiger partial charge < -0.3 is 48.5 Å². The highest BCUT2D eigenvalue weighted by atomic mass is 16.7. The fourth-order valence-corrected chi connectivity index (χ4v) is 5.53. The predicted molar refractivity (Wildman–Crippen MR) is 135 cm³/mol. The summed E-state index contributed by atoms with van der Waals surface area (Å²) in [6, 6.07) is 0. The third-order valence-corrected chi connectivity index (χ3v) is 7.30. The molecule has 10 atom stereocenters. The van der Waals surface area contributed by atoms with Crippen molar-refractivity contribution >= 4 is 23.9 Å². The molecule has 0 amide bonds. The second kappa shape index (κ2) is 13.5. The third kappa shape index (κ3) is 7.74. The standard InChI is InChI=1S/C27H40O14/c1-12(2)7-20(32)41-25-21-17(8-19(27(21,6)34)37-13(3)29)16(10-35-25)11-36-26-24(39-15(5)31)23(38-14(4)30)22(33)18(9-28)40-26/h10,12,17-19,21-26,28,33-34H,7-9,11H2,1-6H3. The van der Waals surface area contributed by atoms with Crippen molar-refractivity contribution < 1.29 is 67.7 Å². The van der Waals surface area contributed by atoms with Crippen LogP contribution in [0, 0.1) is 17.8 Å². The van der Waals surface area contributed by atoms with E-state index in [1.807, 2.05) is 13.8 Å². The third-order valence-electron chi connectivity index (χ3n) is 7.30. The zero-order valence-corrected chi connectivity index (χ0v) is 24.0. The topological polar surface area (TPSA) is 194 Å². The van der Waals surface area contributed by atoms with Crippen LogP contribution >= 0.6 is 0 Å². The molecule has 3 rings (SSSR count). The van der Waals surface area contributed by atoms with E-state index in [2.05, 4.69) is 0 Å². The molecule has 1 aliphatic carbocycles. The van der Waals surface area contributed by atoms with Gasteiger partial charge in [0.15, 0.2) is 18.5 Å². The van der Waals surface area contributed by atoms with Gasteiger partial charge in [-0.25, -0.2) is 0 Å². The molecule has 14 heteroatoms. The molecule has 2 heterocycles. The van der Waals surface area contributed by atoms with Gasteiger partial charge in [-0.05, 0) is 24.8 Å². The fourth-order valence-electron chi connectivity index (χ4n) is 5.53. The van der Waals surface area contributed by atoms with Crippen molar-refractivity contribution in [3.8, 4) is 0 Å². The molecule has 0 spiro atoms.